The Morgan fingerprint density at radius 3 is 2.02 bits per heavy atom. The molecule has 7 nitrogen and oxygen atoms in total. The molecule has 5 aromatic carbocycles. The molecule has 0 spiro atoms. The molecule has 0 bridgehead atoms. The SMILES string of the molecule is CC(NC(=O)c1nc2cc3c(-c4ccncc4)nn(CC(c4ccccc4)(c4ccccc4)c4ccccc4)c3cc2[nH]1)c1cccc(Br)c1. The third-order valence-corrected chi connectivity index (χ3v) is 9.90. The van der Waals surface area contributed by atoms with E-state index in [-0.39, 0.29) is 17.8 Å². The summed E-state index contributed by atoms with van der Waals surface area (Å²) in [5.41, 5.74) is 8.04. The Kier molecular flexibility index (Phi) is 8.30. The highest BCUT2D eigenvalue weighted by Gasteiger charge is 2.38. The number of nitrogens with one attached hydrogen (secondary N) is 2. The maximum atomic E-state index is 13.5. The van der Waals surface area contributed by atoms with Gasteiger partial charge in [-0.3, -0.25) is 14.5 Å². The molecule has 1 unspecified atom stereocenters. The molecule has 3 heterocycles. The Balaban J connectivity index is 1.29. The van der Waals surface area contributed by atoms with E-state index in [0.717, 1.165) is 54.4 Å². The summed E-state index contributed by atoms with van der Waals surface area (Å²) in [7, 11) is 0. The predicted molar refractivity (Wildman–Crippen MR) is 202 cm³/mol. The largest absolute Gasteiger partial charge is 0.343 e. The van der Waals surface area contributed by atoms with Crippen molar-refractivity contribution < 1.29 is 4.79 Å². The number of benzene rings is 5. The summed E-state index contributed by atoms with van der Waals surface area (Å²) in [6, 6.07) is 47.7. The van der Waals surface area contributed by atoms with E-state index in [1.807, 2.05) is 49.4 Å². The molecule has 0 aliphatic rings. The van der Waals surface area contributed by atoms with Crippen LogP contribution in [0.4, 0.5) is 0 Å². The topological polar surface area (TPSA) is 88.5 Å². The van der Waals surface area contributed by atoms with Crippen LogP contribution in [0.2, 0.25) is 0 Å². The van der Waals surface area contributed by atoms with Crippen LogP contribution in [0.15, 0.2) is 156 Å². The number of imidazole rings is 1. The van der Waals surface area contributed by atoms with Crippen molar-refractivity contribution in [1.82, 2.24) is 30.0 Å². The Hall–Kier alpha value is -5.86. The van der Waals surface area contributed by atoms with Gasteiger partial charge in [-0.2, -0.15) is 5.10 Å². The average Bonchev–Trinajstić information content (AvgIpc) is 3.75. The maximum Gasteiger partial charge on any atom is 0.287 e. The molecule has 0 fully saturated rings. The number of carbonyl (C=O) groups is 1. The highest BCUT2D eigenvalue weighted by molar-refractivity contribution is 9.10. The van der Waals surface area contributed by atoms with Crippen LogP contribution >= 0.6 is 15.9 Å². The molecular weight excluding hydrogens is 684 g/mol. The molecule has 0 saturated heterocycles. The molecule has 0 aliphatic heterocycles. The van der Waals surface area contributed by atoms with E-state index in [1.165, 1.54) is 0 Å². The van der Waals surface area contributed by atoms with Crippen LogP contribution in [0.5, 0.6) is 0 Å². The number of hydrogen-bond acceptors (Lipinski definition) is 4. The van der Waals surface area contributed by atoms with Crippen LogP contribution in [-0.2, 0) is 12.0 Å². The molecule has 2 N–H and O–H groups in total. The molecule has 244 valence electrons. The lowest BCUT2D eigenvalue weighted by Gasteiger charge is -2.36. The van der Waals surface area contributed by atoms with E-state index in [9.17, 15) is 4.79 Å². The number of H-pyrrole nitrogens is 1. The van der Waals surface area contributed by atoms with E-state index in [2.05, 4.69) is 133 Å². The summed E-state index contributed by atoms with van der Waals surface area (Å²) in [5, 5.41) is 9.36. The van der Waals surface area contributed by atoms with Gasteiger partial charge >= 0.3 is 0 Å². The lowest BCUT2D eigenvalue weighted by molar-refractivity contribution is 0.0930. The first kappa shape index (κ1) is 31.4. The normalized spacial score (nSPS) is 12.3. The fourth-order valence-electron chi connectivity index (χ4n) is 6.92. The fourth-order valence-corrected chi connectivity index (χ4v) is 7.34. The number of halogens is 1. The van der Waals surface area contributed by atoms with E-state index in [0.29, 0.717) is 12.1 Å². The first-order chi connectivity index (χ1) is 24.5. The lowest BCUT2D eigenvalue weighted by Crippen LogP contribution is -2.35. The Labute approximate surface area is 298 Å². The molecule has 3 aromatic heterocycles. The van der Waals surface area contributed by atoms with Gasteiger partial charge in [0.25, 0.3) is 5.91 Å². The minimum atomic E-state index is -0.575. The van der Waals surface area contributed by atoms with Gasteiger partial charge in [0.05, 0.1) is 34.6 Å². The van der Waals surface area contributed by atoms with Crippen molar-refractivity contribution in [2.45, 2.75) is 24.9 Å². The zero-order valence-electron chi connectivity index (χ0n) is 27.3. The standard InChI is InChI=1S/C42H33BrN6O/c1-28(30-12-11-19-34(43)24-30)45-41(50)40-46-36-25-35-38(26-37(36)47-40)49(48-39(35)29-20-22-44-23-21-29)27-42(31-13-5-2-6-14-31,32-15-7-3-8-16-32)33-17-9-4-10-18-33/h2-26,28H,27H2,1H3,(H,45,50)(H,46,47). The molecule has 0 radical (unpaired) electrons. The van der Waals surface area contributed by atoms with Gasteiger partial charge in [0.2, 0.25) is 0 Å². The summed E-state index contributed by atoms with van der Waals surface area (Å²) in [4.78, 5) is 25.8. The van der Waals surface area contributed by atoms with Crippen molar-refractivity contribution in [3.8, 4) is 11.3 Å². The van der Waals surface area contributed by atoms with E-state index < -0.39 is 5.41 Å². The molecule has 8 aromatic rings. The summed E-state index contributed by atoms with van der Waals surface area (Å²) in [6.45, 7) is 2.48. The number of hydrogen-bond donors (Lipinski definition) is 2. The lowest BCUT2D eigenvalue weighted by atomic mass is 9.69. The number of carbonyl (C=O) groups excluding carboxylic acids is 1. The average molecular weight is 718 g/mol. The Bertz CT molecular complexity index is 2330. The fraction of sp³-hybridized carbons (Fsp3) is 0.0952. The molecule has 8 heteroatoms. The number of pyridine rings is 1. The van der Waals surface area contributed by atoms with Crippen molar-refractivity contribution in [1.29, 1.82) is 0 Å². The van der Waals surface area contributed by atoms with Crippen molar-refractivity contribution in [3.63, 3.8) is 0 Å². The monoisotopic (exact) mass is 716 g/mol. The minimum absolute atomic E-state index is 0.207. The van der Waals surface area contributed by atoms with Gasteiger partial charge in [0, 0.05) is 27.8 Å². The van der Waals surface area contributed by atoms with Crippen LogP contribution in [0.1, 0.15) is 45.8 Å². The summed E-state index contributed by atoms with van der Waals surface area (Å²) >= 11 is 3.53. The van der Waals surface area contributed by atoms with E-state index in [4.69, 9.17) is 10.1 Å². The predicted octanol–water partition coefficient (Wildman–Crippen LogP) is 9.26. The van der Waals surface area contributed by atoms with Crippen molar-refractivity contribution in [2.75, 3.05) is 0 Å². The number of aromatic amines is 1. The van der Waals surface area contributed by atoms with Gasteiger partial charge in [-0.1, -0.05) is 119 Å². The highest BCUT2D eigenvalue weighted by atomic mass is 79.9. The third kappa shape index (κ3) is 5.77. The smallest absolute Gasteiger partial charge is 0.287 e. The Morgan fingerprint density at radius 1 is 0.800 bits per heavy atom. The van der Waals surface area contributed by atoms with Gasteiger partial charge in [-0.05, 0) is 65.6 Å². The van der Waals surface area contributed by atoms with Gasteiger partial charge in [-0.25, -0.2) is 4.98 Å². The number of fused-ring (bicyclic) bond motifs is 2. The van der Waals surface area contributed by atoms with Crippen LogP contribution in [0.3, 0.4) is 0 Å². The van der Waals surface area contributed by atoms with E-state index >= 15 is 0 Å². The van der Waals surface area contributed by atoms with Crippen molar-refractivity contribution >= 4 is 43.8 Å². The van der Waals surface area contributed by atoms with Gasteiger partial charge in [0.1, 0.15) is 5.69 Å². The molecule has 1 amide bonds. The zero-order chi connectivity index (χ0) is 34.1. The van der Waals surface area contributed by atoms with Crippen molar-refractivity contribution in [3.05, 3.63) is 184 Å². The maximum absolute atomic E-state index is 13.5. The molecule has 0 aliphatic carbocycles. The molecule has 1 atom stereocenters. The number of rotatable bonds is 9. The quantitative estimate of drug-likeness (QED) is 0.146. The Morgan fingerprint density at radius 2 is 1.42 bits per heavy atom. The molecule has 8 rings (SSSR count). The number of amides is 1. The van der Waals surface area contributed by atoms with Gasteiger partial charge < -0.3 is 10.3 Å². The summed E-state index contributed by atoms with van der Waals surface area (Å²) in [5.74, 6) is -0.0170. The van der Waals surface area contributed by atoms with Crippen LogP contribution in [0, 0.1) is 0 Å². The third-order valence-electron chi connectivity index (χ3n) is 9.41. The van der Waals surface area contributed by atoms with Crippen LogP contribution in [0.25, 0.3) is 33.2 Å². The van der Waals surface area contributed by atoms with Gasteiger partial charge in [0.15, 0.2) is 5.82 Å². The second-order valence-corrected chi connectivity index (χ2v) is 13.4. The first-order valence-electron chi connectivity index (χ1n) is 16.5. The molecular formula is C42H33BrN6O. The van der Waals surface area contributed by atoms with Crippen LogP contribution in [-0.4, -0.2) is 30.6 Å². The second-order valence-electron chi connectivity index (χ2n) is 12.5. The summed E-state index contributed by atoms with van der Waals surface area (Å²) < 4.78 is 3.06. The second kappa shape index (κ2) is 13.2. The zero-order valence-corrected chi connectivity index (χ0v) is 28.9. The van der Waals surface area contributed by atoms with Gasteiger partial charge in [-0.15, -0.1) is 0 Å². The molecule has 0 saturated carbocycles. The van der Waals surface area contributed by atoms with E-state index in [1.54, 1.807) is 12.4 Å². The molecule has 50 heavy (non-hydrogen) atoms. The minimum Gasteiger partial charge on any atom is -0.343 e. The highest BCUT2D eigenvalue weighted by Crippen LogP contribution is 2.42. The summed E-state index contributed by atoms with van der Waals surface area (Å²) in [6.07, 6.45) is 3.56. The van der Waals surface area contributed by atoms with Crippen LogP contribution < -0.4 is 5.32 Å². The first-order valence-corrected chi connectivity index (χ1v) is 17.3. The number of nitrogens with zero attached hydrogens (tertiary/aromatic N) is 4. The number of aromatic nitrogens is 5. The van der Waals surface area contributed by atoms with Crippen molar-refractivity contribution in [2.24, 2.45) is 0 Å².